The van der Waals surface area contributed by atoms with Gasteiger partial charge in [-0.25, -0.2) is 4.79 Å². The second kappa shape index (κ2) is 10.9. The topological polar surface area (TPSA) is 66.8 Å². The Balaban J connectivity index is 2.15. The van der Waals surface area contributed by atoms with Crippen molar-refractivity contribution in [1.82, 2.24) is 0 Å². The number of hydrogen-bond donors (Lipinski definition) is 2. The van der Waals surface area contributed by atoms with Gasteiger partial charge in [0.25, 0.3) is 0 Å². The van der Waals surface area contributed by atoms with Crippen LogP contribution in [0.15, 0.2) is 97.6 Å². The van der Waals surface area contributed by atoms with Gasteiger partial charge in [0.1, 0.15) is 11.5 Å². The first-order valence-electron chi connectivity index (χ1n) is 13.9. The molecule has 0 saturated carbocycles. The zero-order chi connectivity index (χ0) is 30.2. The summed E-state index contributed by atoms with van der Waals surface area (Å²) in [7, 11) is 0. The minimum atomic E-state index is -1.57. The predicted molar refractivity (Wildman–Crippen MR) is 167 cm³/mol. The zero-order valence-electron chi connectivity index (χ0n) is 25.1. The Morgan fingerprint density at radius 1 is 0.659 bits per heavy atom. The Morgan fingerprint density at radius 2 is 1.02 bits per heavy atom. The average molecular weight is 549 g/mol. The normalized spacial score (nSPS) is 12.2. The number of rotatable bonds is 6. The highest BCUT2D eigenvalue weighted by Gasteiger charge is 2.41. The van der Waals surface area contributed by atoms with Gasteiger partial charge in [0.2, 0.25) is 0 Å². The van der Waals surface area contributed by atoms with Crippen LogP contribution in [0.25, 0.3) is 22.3 Å². The number of hydrogen-bond acceptors (Lipinski definition) is 4. The molecule has 0 aliphatic carbocycles. The van der Waals surface area contributed by atoms with E-state index in [9.17, 15) is 15.0 Å². The van der Waals surface area contributed by atoms with E-state index in [4.69, 9.17) is 4.74 Å². The molecule has 0 saturated heterocycles. The minimum Gasteiger partial charge on any atom is -0.507 e. The molecule has 0 radical (unpaired) electrons. The van der Waals surface area contributed by atoms with Gasteiger partial charge in [-0.05, 0) is 64.3 Å². The summed E-state index contributed by atoms with van der Waals surface area (Å²) in [6.07, 6.45) is 1.10. The lowest BCUT2D eigenvalue weighted by Crippen LogP contribution is -2.32. The van der Waals surface area contributed by atoms with Crippen molar-refractivity contribution >= 4 is 5.97 Å². The van der Waals surface area contributed by atoms with E-state index in [0.717, 1.165) is 28.3 Å². The van der Waals surface area contributed by atoms with E-state index < -0.39 is 11.6 Å². The van der Waals surface area contributed by atoms with Crippen LogP contribution in [0.5, 0.6) is 11.5 Å². The van der Waals surface area contributed by atoms with Gasteiger partial charge in [0.15, 0.2) is 5.60 Å². The van der Waals surface area contributed by atoms with E-state index in [1.807, 2.05) is 84.9 Å². The molecule has 0 aliphatic rings. The van der Waals surface area contributed by atoms with Crippen molar-refractivity contribution < 1.29 is 19.7 Å². The van der Waals surface area contributed by atoms with Gasteiger partial charge in [0.05, 0.1) is 0 Å². The molecule has 4 aromatic rings. The second-order valence-corrected chi connectivity index (χ2v) is 12.7. The van der Waals surface area contributed by atoms with Crippen molar-refractivity contribution in [3.05, 3.63) is 120 Å². The average Bonchev–Trinajstić information content (AvgIpc) is 2.92. The molecule has 212 valence electrons. The number of carbonyl (C=O) groups excluding carboxylic acids is 1. The van der Waals surface area contributed by atoms with Crippen LogP contribution in [0.2, 0.25) is 0 Å². The molecular weight excluding hydrogens is 508 g/mol. The SMILES string of the molecule is C=CC(=O)OC(C)(c1cc(C(C)(C)C)cc(-c2ccccc2)c1O)c1cc(C(C)(C)C)cc(-c2ccccc2)c1O. The number of aromatic hydroxyl groups is 2. The van der Waals surface area contributed by atoms with Crippen LogP contribution in [0.4, 0.5) is 0 Å². The summed E-state index contributed by atoms with van der Waals surface area (Å²) in [4.78, 5) is 13.0. The molecule has 0 unspecified atom stereocenters. The molecule has 41 heavy (non-hydrogen) atoms. The predicted octanol–water partition coefficient (Wildman–Crippen LogP) is 9.02. The van der Waals surface area contributed by atoms with E-state index in [1.54, 1.807) is 6.92 Å². The fourth-order valence-corrected chi connectivity index (χ4v) is 5.04. The molecule has 4 aromatic carbocycles. The number of ether oxygens (including phenoxy) is 1. The summed E-state index contributed by atoms with van der Waals surface area (Å²) >= 11 is 0. The largest absolute Gasteiger partial charge is 0.507 e. The highest BCUT2D eigenvalue weighted by Crippen LogP contribution is 2.50. The lowest BCUT2D eigenvalue weighted by atomic mass is 9.76. The van der Waals surface area contributed by atoms with Crippen LogP contribution >= 0.6 is 0 Å². The van der Waals surface area contributed by atoms with Crippen LogP contribution in [-0.2, 0) is 26.0 Å². The Hall–Kier alpha value is -4.31. The molecule has 0 bridgehead atoms. The van der Waals surface area contributed by atoms with E-state index in [0.29, 0.717) is 22.3 Å². The van der Waals surface area contributed by atoms with Gasteiger partial charge in [-0.15, -0.1) is 0 Å². The standard InChI is InChI=1S/C37H40O4/c1-9-32(38)41-37(8,30-22-26(35(2,3)4)20-28(33(30)39)24-16-12-10-13-17-24)31-23-27(36(5,6)7)21-29(34(31)40)25-18-14-11-15-19-25/h9-23,39-40H,1H2,2-8H3. The van der Waals surface area contributed by atoms with Gasteiger partial charge in [-0.3, -0.25) is 0 Å². The van der Waals surface area contributed by atoms with E-state index in [2.05, 4.69) is 48.1 Å². The van der Waals surface area contributed by atoms with Gasteiger partial charge >= 0.3 is 5.97 Å². The molecule has 4 heteroatoms. The van der Waals surface area contributed by atoms with E-state index in [1.165, 1.54) is 0 Å². The van der Waals surface area contributed by atoms with Crippen molar-refractivity contribution in [3.8, 4) is 33.8 Å². The van der Waals surface area contributed by atoms with Crippen LogP contribution in [0, 0.1) is 0 Å². The molecule has 0 aliphatic heterocycles. The molecule has 4 nitrogen and oxygen atoms in total. The van der Waals surface area contributed by atoms with Crippen LogP contribution in [-0.4, -0.2) is 16.2 Å². The molecule has 0 amide bonds. The lowest BCUT2D eigenvalue weighted by molar-refractivity contribution is -0.149. The minimum absolute atomic E-state index is 0.0228. The molecule has 4 rings (SSSR count). The second-order valence-electron chi connectivity index (χ2n) is 12.7. The van der Waals surface area contributed by atoms with Crippen molar-refractivity contribution in [1.29, 1.82) is 0 Å². The molecule has 0 spiro atoms. The first-order valence-corrected chi connectivity index (χ1v) is 13.9. The summed E-state index contributed by atoms with van der Waals surface area (Å²) in [6, 6.07) is 27.0. The number of benzene rings is 4. The summed E-state index contributed by atoms with van der Waals surface area (Å²) in [5.41, 5.74) is 3.36. The van der Waals surface area contributed by atoms with Crippen molar-refractivity contribution in [2.75, 3.05) is 0 Å². The van der Waals surface area contributed by atoms with Gasteiger partial charge in [0, 0.05) is 28.3 Å². The summed E-state index contributed by atoms with van der Waals surface area (Å²) in [5, 5.41) is 23.8. The third kappa shape index (κ3) is 5.92. The van der Waals surface area contributed by atoms with Crippen LogP contribution in [0.1, 0.15) is 70.7 Å². The Morgan fingerprint density at radius 3 is 1.34 bits per heavy atom. The van der Waals surface area contributed by atoms with Crippen LogP contribution in [0.3, 0.4) is 0 Å². The fraction of sp³-hybridized carbons (Fsp3) is 0.270. The molecule has 0 heterocycles. The quantitative estimate of drug-likeness (QED) is 0.186. The highest BCUT2D eigenvalue weighted by atomic mass is 16.6. The lowest BCUT2D eigenvalue weighted by Gasteiger charge is -2.35. The maximum absolute atomic E-state index is 13.0. The number of esters is 1. The zero-order valence-corrected chi connectivity index (χ0v) is 25.1. The van der Waals surface area contributed by atoms with E-state index >= 15 is 0 Å². The third-order valence-corrected chi connectivity index (χ3v) is 7.62. The summed E-state index contributed by atoms with van der Waals surface area (Å²) < 4.78 is 6.16. The first-order chi connectivity index (χ1) is 19.2. The van der Waals surface area contributed by atoms with E-state index in [-0.39, 0.29) is 22.3 Å². The maximum atomic E-state index is 13.0. The molecular formula is C37H40O4. The Kier molecular flexibility index (Phi) is 7.91. The molecule has 0 fully saturated rings. The first kappa shape index (κ1) is 29.7. The number of carbonyl (C=O) groups is 1. The number of phenolic OH excluding ortho intramolecular Hbond substituents is 2. The molecule has 0 atom stereocenters. The number of phenols is 2. The monoisotopic (exact) mass is 548 g/mol. The van der Waals surface area contributed by atoms with Crippen molar-refractivity contribution in [2.24, 2.45) is 0 Å². The molecule has 2 N–H and O–H groups in total. The summed E-state index contributed by atoms with van der Waals surface area (Å²) in [5.74, 6) is -0.716. The Bertz CT molecular complexity index is 1460. The van der Waals surface area contributed by atoms with Crippen molar-refractivity contribution in [3.63, 3.8) is 0 Å². The fourth-order valence-electron chi connectivity index (χ4n) is 5.04. The summed E-state index contributed by atoms with van der Waals surface area (Å²) in [6.45, 7) is 17.9. The van der Waals surface area contributed by atoms with Gasteiger partial charge < -0.3 is 14.9 Å². The van der Waals surface area contributed by atoms with Gasteiger partial charge in [-0.1, -0.05) is 109 Å². The smallest absolute Gasteiger partial charge is 0.331 e. The molecule has 0 aromatic heterocycles. The van der Waals surface area contributed by atoms with Gasteiger partial charge in [-0.2, -0.15) is 0 Å². The van der Waals surface area contributed by atoms with Crippen molar-refractivity contribution in [2.45, 2.75) is 64.9 Å². The van der Waals surface area contributed by atoms with Crippen LogP contribution < -0.4 is 0 Å². The highest BCUT2D eigenvalue weighted by molar-refractivity contribution is 5.83. The Labute approximate surface area is 244 Å². The maximum Gasteiger partial charge on any atom is 0.331 e. The third-order valence-electron chi connectivity index (χ3n) is 7.62.